The Balaban J connectivity index is 1.29. The Morgan fingerprint density at radius 3 is 2.89 bits per heavy atom. The summed E-state index contributed by atoms with van der Waals surface area (Å²) in [6, 6.07) is 11.6. The Bertz CT molecular complexity index is 1210. The quantitative estimate of drug-likeness (QED) is 0.205. The Kier molecular flexibility index (Phi) is 9.62. The molecule has 9 heteroatoms. The summed E-state index contributed by atoms with van der Waals surface area (Å²) in [5.74, 6) is -0.346. The fraction of sp³-hybridized carbons (Fsp3) is 0.429. The number of rotatable bonds is 11. The predicted molar refractivity (Wildman–Crippen MR) is 144 cm³/mol. The van der Waals surface area contributed by atoms with Crippen molar-refractivity contribution in [3.63, 3.8) is 0 Å². The summed E-state index contributed by atoms with van der Waals surface area (Å²) < 4.78 is 34.2. The van der Waals surface area contributed by atoms with Gasteiger partial charge in [-0.2, -0.15) is 0 Å². The van der Waals surface area contributed by atoms with Crippen LogP contribution in [-0.2, 0) is 4.79 Å². The van der Waals surface area contributed by atoms with Crippen LogP contribution in [-0.4, -0.2) is 53.5 Å². The highest BCUT2D eigenvalue weighted by atomic mass is 35.5. The lowest BCUT2D eigenvalue weighted by Crippen LogP contribution is -2.44. The van der Waals surface area contributed by atoms with Gasteiger partial charge in [-0.05, 0) is 98.5 Å². The summed E-state index contributed by atoms with van der Waals surface area (Å²) in [6.45, 7) is 2.02. The van der Waals surface area contributed by atoms with E-state index in [4.69, 9.17) is 16.3 Å². The van der Waals surface area contributed by atoms with Crippen molar-refractivity contribution in [2.45, 2.75) is 36.8 Å². The first-order chi connectivity index (χ1) is 17.8. The lowest BCUT2D eigenvalue weighted by Gasteiger charge is -2.36. The Labute approximate surface area is 225 Å². The summed E-state index contributed by atoms with van der Waals surface area (Å²) in [7, 11) is 1.57. The Hall–Kier alpha value is -2.42. The number of alkyl halides is 1. The zero-order chi connectivity index (χ0) is 26.4. The van der Waals surface area contributed by atoms with Crippen LogP contribution in [0.2, 0.25) is 5.02 Å². The summed E-state index contributed by atoms with van der Waals surface area (Å²) in [5, 5.41) is 11.0. The fourth-order valence-electron chi connectivity index (χ4n) is 5.05. The molecule has 4 rings (SSSR count). The number of aliphatic carboxylic acids is 1. The van der Waals surface area contributed by atoms with Crippen LogP contribution in [0.1, 0.15) is 37.4 Å². The molecule has 0 bridgehead atoms. The largest absolute Gasteiger partial charge is 0.497 e. The van der Waals surface area contributed by atoms with Crippen molar-refractivity contribution in [1.82, 2.24) is 9.88 Å². The highest BCUT2D eigenvalue weighted by Gasteiger charge is 2.34. The summed E-state index contributed by atoms with van der Waals surface area (Å²) in [6.07, 6.45) is 2.74. The minimum atomic E-state index is -1.21. The second kappa shape index (κ2) is 12.9. The van der Waals surface area contributed by atoms with E-state index < -0.39 is 18.1 Å². The van der Waals surface area contributed by atoms with Gasteiger partial charge in [-0.3, -0.25) is 9.78 Å². The van der Waals surface area contributed by atoms with Crippen LogP contribution in [0.3, 0.4) is 0 Å². The van der Waals surface area contributed by atoms with Gasteiger partial charge in [0.25, 0.3) is 0 Å². The number of methoxy groups -OCH3 is 1. The van der Waals surface area contributed by atoms with Crippen LogP contribution in [0.15, 0.2) is 53.6 Å². The molecule has 0 amide bonds. The van der Waals surface area contributed by atoms with Crippen molar-refractivity contribution >= 4 is 40.2 Å². The van der Waals surface area contributed by atoms with E-state index in [1.54, 1.807) is 37.6 Å². The van der Waals surface area contributed by atoms with Crippen molar-refractivity contribution < 1.29 is 23.4 Å². The average Bonchev–Trinajstić information content (AvgIpc) is 2.88. The first-order valence-corrected chi connectivity index (χ1v) is 13.8. The van der Waals surface area contributed by atoms with Crippen molar-refractivity contribution in [2.24, 2.45) is 11.8 Å². The molecule has 1 aromatic heterocycles. The third-order valence-corrected chi connectivity index (χ3v) is 8.27. The number of carboxylic acid groups (broad SMARTS) is 1. The van der Waals surface area contributed by atoms with Gasteiger partial charge in [-0.25, -0.2) is 8.78 Å². The maximum absolute atomic E-state index is 15.4. The van der Waals surface area contributed by atoms with Crippen LogP contribution in [0.4, 0.5) is 8.78 Å². The average molecular weight is 549 g/mol. The SMILES string of the molecule is COc1ccc2nccc([C@@H](F)CC[C@@H]3CCN(CCCSc4cc(F)cc(Cl)c4)C[C@@H]3C(=O)O)c2c1. The lowest BCUT2D eigenvalue weighted by molar-refractivity contribution is -0.146. The van der Waals surface area contributed by atoms with Crippen LogP contribution >= 0.6 is 23.4 Å². The fourth-order valence-corrected chi connectivity index (χ4v) is 6.25. The van der Waals surface area contributed by atoms with E-state index in [0.29, 0.717) is 34.8 Å². The van der Waals surface area contributed by atoms with Crippen LogP contribution in [0.25, 0.3) is 10.9 Å². The molecule has 37 heavy (non-hydrogen) atoms. The molecule has 0 radical (unpaired) electrons. The highest BCUT2D eigenvalue weighted by molar-refractivity contribution is 7.99. The smallest absolute Gasteiger partial charge is 0.308 e. The van der Waals surface area contributed by atoms with Crippen LogP contribution in [0, 0.1) is 17.7 Å². The van der Waals surface area contributed by atoms with Gasteiger partial charge in [0.2, 0.25) is 0 Å². The number of hydrogen-bond acceptors (Lipinski definition) is 5. The van der Waals surface area contributed by atoms with Crippen molar-refractivity contribution in [3.8, 4) is 5.75 Å². The molecule has 198 valence electrons. The van der Waals surface area contributed by atoms with Gasteiger partial charge in [0.1, 0.15) is 17.7 Å². The van der Waals surface area contributed by atoms with Crippen LogP contribution < -0.4 is 4.74 Å². The molecule has 0 saturated carbocycles. The van der Waals surface area contributed by atoms with Gasteiger partial charge >= 0.3 is 5.97 Å². The number of benzene rings is 2. The number of piperidine rings is 1. The number of likely N-dealkylation sites (tertiary alicyclic amines) is 1. The molecule has 1 saturated heterocycles. The number of thioether (sulfide) groups is 1. The molecule has 1 fully saturated rings. The summed E-state index contributed by atoms with van der Waals surface area (Å²) in [5.41, 5.74) is 1.27. The molecular formula is C28H31ClF2N2O3S. The zero-order valence-electron chi connectivity index (χ0n) is 20.7. The van der Waals surface area contributed by atoms with E-state index in [1.807, 2.05) is 6.07 Å². The number of hydrogen-bond donors (Lipinski definition) is 1. The number of nitrogens with zero attached hydrogens (tertiary/aromatic N) is 2. The van der Waals surface area contributed by atoms with Gasteiger partial charge in [0.05, 0.1) is 18.5 Å². The molecule has 2 aromatic carbocycles. The normalized spacial score (nSPS) is 19.1. The van der Waals surface area contributed by atoms with Gasteiger partial charge in [-0.15, -0.1) is 11.8 Å². The Morgan fingerprint density at radius 2 is 2.14 bits per heavy atom. The topological polar surface area (TPSA) is 62.7 Å². The number of fused-ring (bicyclic) bond motifs is 1. The summed E-state index contributed by atoms with van der Waals surface area (Å²) >= 11 is 7.45. The minimum absolute atomic E-state index is 0.0709. The van der Waals surface area contributed by atoms with E-state index in [2.05, 4.69) is 9.88 Å². The van der Waals surface area contributed by atoms with Gasteiger partial charge in [0, 0.05) is 28.0 Å². The van der Waals surface area contributed by atoms with E-state index in [1.165, 1.54) is 23.9 Å². The highest BCUT2D eigenvalue weighted by Crippen LogP contribution is 2.35. The van der Waals surface area contributed by atoms with Crippen molar-refractivity contribution in [1.29, 1.82) is 0 Å². The number of ether oxygens (including phenoxy) is 1. The monoisotopic (exact) mass is 548 g/mol. The standard InChI is InChI=1S/C28H31ClF2N2O3S/c1-36-21-4-6-27-24(16-21)23(7-9-32-27)26(31)5-3-18-8-11-33(17-25(18)28(34)35)10-2-12-37-22-14-19(29)13-20(30)15-22/h4,6-7,9,13-16,18,25-26H,2-3,5,8,10-12,17H2,1H3,(H,34,35)/t18-,25+,26+/m1/s1. The third-order valence-electron chi connectivity index (χ3n) is 6.99. The molecule has 1 N–H and O–H groups in total. The van der Waals surface area contributed by atoms with E-state index >= 15 is 4.39 Å². The lowest BCUT2D eigenvalue weighted by atomic mass is 9.81. The minimum Gasteiger partial charge on any atom is -0.497 e. The molecule has 2 heterocycles. The van der Waals surface area contributed by atoms with Crippen LogP contribution in [0.5, 0.6) is 5.75 Å². The molecule has 0 unspecified atom stereocenters. The number of carbonyl (C=O) groups is 1. The second-order valence-corrected chi connectivity index (χ2v) is 11.0. The van der Waals surface area contributed by atoms with Gasteiger partial charge in [-0.1, -0.05) is 11.6 Å². The molecule has 3 atom stereocenters. The molecule has 0 aliphatic carbocycles. The maximum atomic E-state index is 15.4. The first kappa shape index (κ1) is 27.6. The third kappa shape index (κ3) is 7.33. The molecule has 0 spiro atoms. The summed E-state index contributed by atoms with van der Waals surface area (Å²) in [4.78, 5) is 19.3. The number of aromatic nitrogens is 1. The first-order valence-electron chi connectivity index (χ1n) is 12.4. The zero-order valence-corrected chi connectivity index (χ0v) is 22.3. The van der Waals surface area contributed by atoms with E-state index in [-0.39, 0.29) is 18.2 Å². The van der Waals surface area contributed by atoms with Gasteiger partial charge < -0.3 is 14.7 Å². The van der Waals surface area contributed by atoms with Crippen molar-refractivity contribution in [3.05, 3.63) is 65.1 Å². The number of pyridine rings is 1. The molecule has 5 nitrogen and oxygen atoms in total. The van der Waals surface area contributed by atoms with Gasteiger partial charge in [0.15, 0.2) is 0 Å². The predicted octanol–water partition coefficient (Wildman–Crippen LogP) is 7.03. The number of carboxylic acids is 1. The maximum Gasteiger partial charge on any atom is 0.308 e. The molecule has 3 aromatic rings. The van der Waals surface area contributed by atoms with E-state index in [9.17, 15) is 14.3 Å². The molecular weight excluding hydrogens is 518 g/mol. The van der Waals surface area contributed by atoms with Crippen molar-refractivity contribution in [2.75, 3.05) is 32.5 Å². The Morgan fingerprint density at radius 1 is 1.30 bits per heavy atom. The number of halogens is 3. The molecule has 1 aliphatic rings. The second-order valence-electron chi connectivity index (χ2n) is 9.43. The van der Waals surface area contributed by atoms with E-state index in [0.717, 1.165) is 42.0 Å². The molecule has 1 aliphatic heterocycles.